The van der Waals surface area contributed by atoms with E-state index in [1.54, 1.807) is 6.92 Å². The number of benzene rings is 1. The zero-order valence-electron chi connectivity index (χ0n) is 7.73. The molecule has 0 saturated heterocycles. The van der Waals surface area contributed by atoms with Gasteiger partial charge in [-0.3, -0.25) is 0 Å². The molecule has 0 atom stereocenters. The lowest BCUT2D eigenvalue weighted by Gasteiger charge is -2.02. The minimum Gasteiger partial charge on any atom is -0.452 e. The van der Waals surface area contributed by atoms with E-state index in [1.165, 1.54) is 0 Å². The number of carbonyl (C=O) groups excluding carboxylic acids is 1. The van der Waals surface area contributed by atoms with Crippen LogP contribution in [0.25, 0.3) is 0 Å². The molecule has 0 fully saturated rings. The van der Waals surface area contributed by atoms with Gasteiger partial charge in [-0.15, -0.1) is 0 Å². The van der Waals surface area contributed by atoms with Gasteiger partial charge in [-0.25, -0.2) is 4.79 Å². The number of hydrogen-bond donors (Lipinski definition) is 0. The molecule has 1 aromatic carbocycles. The monoisotopic (exact) mass is 226 g/mol. The van der Waals surface area contributed by atoms with E-state index < -0.39 is 0 Å². The van der Waals surface area contributed by atoms with Crippen LogP contribution in [-0.2, 0) is 11.3 Å². The third-order valence-electron chi connectivity index (χ3n) is 1.43. The second kappa shape index (κ2) is 5.78. The van der Waals surface area contributed by atoms with Crippen molar-refractivity contribution < 1.29 is 9.53 Å². The summed E-state index contributed by atoms with van der Waals surface area (Å²) in [7, 11) is 0. The number of carbonyl (C=O) groups is 1. The van der Waals surface area contributed by atoms with E-state index in [2.05, 4.69) is 0 Å². The molecular formula is C10H10O2S2. The van der Waals surface area contributed by atoms with E-state index in [0.29, 0.717) is 10.8 Å². The third-order valence-corrected chi connectivity index (χ3v) is 2.25. The summed E-state index contributed by atoms with van der Waals surface area (Å²) in [6, 6.07) is 9.53. The number of rotatable bonds is 2. The molecule has 2 nitrogen and oxygen atoms in total. The van der Waals surface area contributed by atoms with Crippen LogP contribution in [0.1, 0.15) is 12.5 Å². The van der Waals surface area contributed by atoms with Crippen molar-refractivity contribution in [2.75, 3.05) is 0 Å². The van der Waals surface area contributed by atoms with Crippen molar-refractivity contribution in [3.63, 3.8) is 0 Å². The lowest BCUT2D eigenvalue weighted by atomic mass is 10.2. The Morgan fingerprint density at radius 1 is 1.43 bits per heavy atom. The van der Waals surface area contributed by atoms with Gasteiger partial charge in [-0.1, -0.05) is 42.5 Å². The molecule has 0 bridgehead atoms. The summed E-state index contributed by atoms with van der Waals surface area (Å²) in [4.78, 5) is 11.1. The minimum atomic E-state index is -0.346. The van der Waals surface area contributed by atoms with Gasteiger partial charge in [-0.05, 0) is 24.2 Å². The molecule has 4 heteroatoms. The third kappa shape index (κ3) is 4.39. The molecule has 0 amide bonds. The van der Waals surface area contributed by atoms with Crippen molar-refractivity contribution in [3.05, 3.63) is 35.9 Å². The number of thiocarbonyl (C=S) groups is 1. The van der Waals surface area contributed by atoms with Crippen LogP contribution in [0.5, 0.6) is 0 Å². The fraction of sp³-hybridized carbons (Fsp3) is 0.200. The Labute approximate surface area is 92.6 Å². The summed E-state index contributed by atoms with van der Waals surface area (Å²) in [6.45, 7) is 2.00. The summed E-state index contributed by atoms with van der Waals surface area (Å²) >= 11 is 5.71. The van der Waals surface area contributed by atoms with Crippen LogP contribution in [0, 0.1) is 0 Å². The van der Waals surface area contributed by atoms with Crippen molar-refractivity contribution in [1.82, 2.24) is 0 Å². The van der Waals surface area contributed by atoms with Gasteiger partial charge in [0, 0.05) is 0 Å². The normalized spacial score (nSPS) is 9.50. The first-order chi connectivity index (χ1) is 6.68. The van der Waals surface area contributed by atoms with E-state index in [0.717, 1.165) is 17.3 Å². The van der Waals surface area contributed by atoms with E-state index in [4.69, 9.17) is 17.0 Å². The second-order valence-corrected chi connectivity index (χ2v) is 4.64. The maximum absolute atomic E-state index is 11.1. The van der Waals surface area contributed by atoms with Gasteiger partial charge in [-0.2, -0.15) is 0 Å². The molecule has 74 valence electrons. The first kappa shape index (κ1) is 11.2. The molecule has 0 aliphatic heterocycles. The smallest absolute Gasteiger partial charge is 0.372 e. The fourth-order valence-electron chi connectivity index (χ4n) is 0.863. The van der Waals surface area contributed by atoms with Gasteiger partial charge in [0.2, 0.25) is 0 Å². The van der Waals surface area contributed by atoms with Crippen LogP contribution in [0.2, 0.25) is 0 Å². The van der Waals surface area contributed by atoms with Gasteiger partial charge in [0.15, 0.2) is 0 Å². The maximum atomic E-state index is 11.1. The fourth-order valence-corrected chi connectivity index (χ4v) is 1.42. The summed E-state index contributed by atoms with van der Waals surface area (Å²) in [5, 5.41) is -0.346. The quantitative estimate of drug-likeness (QED) is 0.570. The minimum absolute atomic E-state index is 0.301. The highest BCUT2D eigenvalue weighted by Gasteiger charge is 2.04. The van der Waals surface area contributed by atoms with E-state index in [9.17, 15) is 4.79 Å². The van der Waals surface area contributed by atoms with Crippen molar-refractivity contribution in [2.24, 2.45) is 0 Å². The molecule has 0 aliphatic rings. The molecule has 0 radical (unpaired) electrons. The van der Waals surface area contributed by atoms with Gasteiger partial charge in [0.25, 0.3) is 0 Å². The molecule has 14 heavy (non-hydrogen) atoms. The molecule has 0 saturated carbocycles. The van der Waals surface area contributed by atoms with Crippen LogP contribution >= 0.6 is 24.0 Å². The van der Waals surface area contributed by atoms with Crippen LogP contribution in [0.3, 0.4) is 0 Å². The van der Waals surface area contributed by atoms with Crippen molar-refractivity contribution in [2.45, 2.75) is 13.5 Å². The Morgan fingerprint density at radius 2 is 2.07 bits per heavy atom. The van der Waals surface area contributed by atoms with Gasteiger partial charge >= 0.3 is 5.30 Å². The second-order valence-electron chi connectivity index (χ2n) is 2.62. The van der Waals surface area contributed by atoms with Crippen LogP contribution in [0.15, 0.2) is 30.3 Å². The van der Waals surface area contributed by atoms with Crippen LogP contribution < -0.4 is 0 Å². The standard InChI is InChI=1S/C10H10O2S2/c1-8(13)14-10(11)12-7-9-5-3-2-4-6-9/h2-6H,7H2,1H3. The van der Waals surface area contributed by atoms with Crippen molar-refractivity contribution in [1.29, 1.82) is 0 Å². The Morgan fingerprint density at radius 3 is 2.64 bits per heavy atom. The predicted molar refractivity (Wildman–Crippen MR) is 62.5 cm³/mol. The van der Waals surface area contributed by atoms with Gasteiger partial charge in [0.05, 0.1) is 4.20 Å². The highest BCUT2D eigenvalue weighted by molar-refractivity contribution is 8.32. The Kier molecular flexibility index (Phi) is 4.62. The Bertz CT molecular complexity index is 322. The molecule has 1 rings (SSSR count). The van der Waals surface area contributed by atoms with Gasteiger partial charge in [0.1, 0.15) is 6.61 Å². The Balaban J connectivity index is 2.34. The summed E-state index contributed by atoms with van der Waals surface area (Å²) < 4.78 is 5.55. The highest BCUT2D eigenvalue weighted by Crippen LogP contribution is 2.10. The number of hydrogen-bond acceptors (Lipinski definition) is 4. The maximum Gasteiger partial charge on any atom is 0.372 e. The average molecular weight is 226 g/mol. The van der Waals surface area contributed by atoms with Gasteiger partial charge < -0.3 is 4.74 Å². The average Bonchev–Trinajstić information content (AvgIpc) is 2.15. The van der Waals surface area contributed by atoms with E-state index in [1.807, 2.05) is 30.3 Å². The largest absolute Gasteiger partial charge is 0.452 e. The van der Waals surface area contributed by atoms with Crippen LogP contribution in [0.4, 0.5) is 4.79 Å². The number of ether oxygens (including phenoxy) is 1. The molecule has 0 heterocycles. The zero-order chi connectivity index (χ0) is 10.4. The van der Waals surface area contributed by atoms with Crippen molar-refractivity contribution >= 4 is 33.5 Å². The summed E-state index contributed by atoms with van der Waals surface area (Å²) in [5.74, 6) is 0. The highest BCUT2D eigenvalue weighted by atomic mass is 32.2. The van der Waals surface area contributed by atoms with Crippen molar-refractivity contribution in [3.8, 4) is 0 Å². The summed E-state index contributed by atoms with van der Waals surface area (Å²) in [6.07, 6.45) is 0. The molecular weight excluding hydrogens is 216 g/mol. The lowest BCUT2D eigenvalue weighted by molar-refractivity contribution is 0.169. The Hall–Kier alpha value is -0.870. The molecule has 0 N–H and O–H groups in total. The number of thioether (sulfide) groups is 1. The predicted octanol–water partition coefficient (Wildman–Crippen LogP) is 3.40. The molecule has 0 unspecified atom stereocenters. The molecule has 1 aromatic rings. The molecule has 0 spiro atoms. The first-order valence-electron chi connectivity index (χ1n) is 4.07. The van der Waals surface area contributed by atoms with E-state index in [-0.39, 0.29) is 5.30 Å². The lowest BCUT2D eigenvalue weighted by Crippen LogP contribution is -1.99. The summed E-state index contributed by atoms with van der Waals surface area (Å²) in [5.41, 5.74) is 0.975. The van der Waals surface area contributed by atoms with E-state index >= 15 is 0 Å². The SMILES string of the molecule is CC(=S)SC(=O)OCc1ccccc1. The molecule has 0 aliphatic carbocycles. The molecule has 0 aromatic heterocycles. The topological polar surface area (TPSA) is 26.3 Å². The van der Waals surface area contributed by atoms with Crippen LogP contribution in [-0.4, -0.2) is 9.50 Å². The zero-order valence-corrected chi connectivity index (χ0v) is 9.36. The first-order valence-corrected chi connectivity index (χ1v) is 5.30.